The van der Waals surface area contributed by atoms with Crippen molar-refractivity contribution in [1.82, 2.24) is 0 Å². The summed E-state index contributed by atoms with van der Waals surface area (Å²) < 4.78 is 13.3. The second-order valence-electron chi connectivity index (χ2n) is 8.93. The molecule has 1 aromatic carbocycles. The van der Waals surface area contributed by atoms with Crippen molar-refractivity contribution in [3.63, 3.8) is 0 Å². The van der Waals surface area contributed by atoms with Gasteiger partial charge < -0.3 is 0 Å². The molecule has 0 nitrogen and oxygen atoms in total. The summed E-state index contributed by atoms with van der Waals surface area (Å²) in [6, 6.07) is 7.22. The summed E-state index contributed by atoms with van der Waals surface area (Å²) in [6.45, 7) is 6.30. The first-order chi connectivity index (χ1) is 12.7. The maximum atomic E-state index is 13.3. The molecule has 26 heavy (non-hydrogen) atoms. The predicted octanol–water partition coefficient (Wildman–Crippen LogP) is 7.90. The third-order valence-electron chi connectivity index (χ3n) is 7.36. The molecular formula is C25H37F. The number of hydrogen-bond acceptors (Lipinski definition) is 0. The van der Waals surface area contributed by atoms with Crippen LogP contribution in [0.3, 0.4) is 0 Å². The normalized spacial score (nSPS) is 30.7. The van der Waals surface area contributed by atoms with Crippen molar-refractivity contribution in [1.29, 1.82) is 0 Å². The Balaban J connectivity index is 1.53. The Morgan fingerprint density at radius 2 is 1.54 bits per heavy atom. The molecule has 2 saturated carbocycles. The van der Waals surface area contributed by atoms with Gasteiger partial charge in [-0.05, 0) is 92.2 Å². The molecule has 0 amide bonds. The maximum Gasteiger partial charge on any atom is 0.123 e. The zero-order valence-corrected chi connectivity index (χ0v) is 16.6. The van der Waals surface area contributed by atoms with E-state index in [-0.39, 0.29) is 5.82 Å². The molecule has 0 bridgehead atoms. The summed E-state index contributed by atoms with van der Waals surface area (Å²) in [4.78, 5) is 0. The highest BCUT2D eigenvalue weighted by atomic mass is 19.1. The van der Waals surface area contributed by atoms with E-state index in [0.717, 1.165) is 30.1 Å². The molecule has 0 N–H and O–H groups in total. The highest BCUT2D eigenvalue weighted by Gasteiger charge is 2.33. The molecular weight excluding hydrogens is 319 g/mol. The lowest BCUT2D eigenvalue weighted by atomic mass is 9.66. The van der Waals surface area contributed by atoms with E-state index in [2.05, 4.69) is 19.6 Å². The van der Waals surface area contributed by atoms with Crippen LogP contribution in [0.5, 0.6) is 0 Å². The van der Waals surface area contributed by atoms with E-state index in [9.17, 15) is 4.39 Å². The monoisotopic (exact) mass is 356 g/mol. The Kier molecular flexibility index (Phi) is 7.34. The predicted molar refractivity (Wildman–Crippen MR) is 110 cm³/mol. The zero-order valence-electron chi connectivity index (χ0n) is 16.6. The third-order valence-corrected chi connectivity index (χ3v) is 7.36. The van der Waals surface area contributed by atoms with Gasteiger partial charge in [-0.2, -0.15) is 0 Å². The molecule has 0 heterocycles. The second-order valence-corrected chi connectivity index (χ2v) is 8.93. The SMILES string of the molecule is C=CCC(c1ccc(F)cc1)C1CCC([C@H]2CC[C@H](CCC)CC2)CC1. The third kappa shape index (κ3) is 4.99. The highest BCUT2D eigenvalue weighted by molar-refractivity contribution is 5.22. The van der Waals surface area contributed by atoms with Crippen LogP contribution in [0.4, 0.5) is 4.39 Å². The summed E-state index contributed by atoms with van der Waals surface area (Å²) in [6.07, 6.45) is 17.3. The van der Waals surface area contributed by atoms with Gasteiger partial charge in [-0.3, -0.25) is 0 Å². The molecule has 1 atom stereocenters. The lowest BCUT2D eigenvalue weighted by Gasteiger charge is -2.40. The quantitative estimate of drug-likeness (QED) is 0.435. The van der Waals surface area contributed by atoms with Crippen LogP contribution in [0.2, 0.25) is 0 Å². The van der Waals surface area contributed by atoms with E-state index in [1.165, 1.54) is 69.8 Å². The minimum Gasteiger partial charge on any atom is -0.207 e. The highest BCUT2D eigenvalue weighted by Crippen LogP contribution is 2.46. The number of halogens is 1. The van der Waals surface area contributed by atoms with E-state index in [0.29, 0.717) is 5.92 Å². The number of rotatable bonds is 7. The number of hydrogen-bond donors (Lipinski definition) is 0. The molecule has 1 heteroatoms. The molecule has 0 aromatic heterocycles. The average Bonchev–Trinajstić information content (AvgIpc) is 2.68. The number of benzene rings is 1. The van der Waals surface area contributed by atoms with Crippen molar-refractivity contribution >= 4 is 0 Å². The van der Waals surface area contributed by atoms with Gasteiger partial charge in [-0.25, -0.2) is 4.39 Å². The Hall–Kier alpha value is -1.11. The van der Waals surface area contributed by atoms with Gasteiger partial charge in [0.05, 0.1) is 0 Å². The van der Waals surface area contributed by atoms with Gasteiger partial charge in [-0.1, -0.05) is 50.8 Å². The van der Waals surface area contributed by atoms with Crippen molar-refractivity contribution in [3.05, 3.63) is 48.3 Å². The summed E-state index contributed by atoms with van der Waals surface area (Å²) in [5.41, 5.74) is 1.30. The van der Waals surface area contributed by atoms with Gasteiger partial charge in [-0.15, -0.1) is 6.58 Å². The van der Waals surface area contributed by atoms with Gasteiger partial charge in [0.2, 0.25) is 0 Å². The molecule has 0 spiro atoms. The van der Waals surface area contributed by atoms with Crippen LogP contribution in [-0.4, -0.2) is 0 Å². The fraction of sp³-hybridized carbons (Fsp3) is 0.680. The van der Waals surface area contributed by atoms with Gasteiger partial charge in [0.15, 0.2) is 0 Å². The van der Waals surface area contributed by atoms with Crippen molar-refractivity contribution in [2.75, 3.05) is 0 Å². The average molecular weight is 357 g/mol. The lowest BCUT2D eigenvalue weighted by molar-refractivity contribution is 0.135. The Labute approximate surface area is 160 Å². The maximum absolute atomic E-state index is 13.3. The largest absolute Gasteiger partial charge is 0.207 e. The van der Waals surface area contributed by atoms with Crippen molar-refractivity contribution in [2.24, 2.45) is 23.7 Å². The van der Waals surface area contributed by atoms with Gasteiger partial charge in [0, 0.05) is 0 Å². The van der Waals surface area contributed by atoms with Gasteiger partial charge in [0.25, 0.3) is 0 Å². The molecule has 2 fully saturated rings. The first-order valence-electron chi connectivity index (χ1n) is 11.1. The first-order valence-corrected chi connectivity index (χ1v) is 11.1. The number of allylic oxidation sites excluding steroid dienone is 1. The van der Waals surface area contributed by atoms with Crippen molar-refractivity contribution in [2.45, 2.75) is 83.5 Å². The van der Waals surface area contributed by atoms with Crippen LogP contribution in [0.25, 0.3) is 0 Å². The summed E-state index contributed by atoms with van der Waals surface area (Å²) in [5, 5.41) is 0. The zero-order chi connectivity index (χ0) is 18.4. The molecule has 1 unspecified atom stereocenters. The Morgan fingerprint density at radius 1 is 0.962 bits per heavy atom. The smallest absolute Gasteiger partial charge is 0.123 e. The lowest BCUT2D eigenvalue weighted by Crippen LogP contribution is -2.27. The van der Waals surface area contributed by atoms with E-state index in [4.69, 9.17) is 0 Å². The first kappa shape index (κ1) is 19.6. The molecule has 2 aliphatic rings. The van der Waals surface area contributed by atoms with Gasteiger partial charge >= 0.3 is 0 Å². The minimum absolute atomic E-state index is 0.131. The molecule has 1 aromatic rings. The topological polar surface area (TPSA) is 0 Å². The summed E-state index contributed by atoms with van der Waals surface area (Å²) >= 11 is 0. The van der Waals surface area contributed by atoms with Crippen LogP contribution < -0.4 is 0 Å². The minimum atomic E-state index is -0.131. The van der Waals surface area contributed by atoms with Crippen molar-refractivity contribution < 1.29 is 4.39 Å². The van der Waals surface area contributed by atoms with E-state index < -0.39 is 0 Å². The summed E-state index contributed by atoms with van der Waals surface area (Å²) in [5.74, 6) is 4.11. The summed E-state index contributed by atoms with van der Waals surface area (Å²) in [7, 11) is 0. The Bertz CT molecular complexity index is 530. The second kappa shape index (κ2) is 9.72. The van der Waals surface area contributed by atoms with Crippen molar-refractivity contribution in [3.8, 4) is 0 Å². The fourth-order valence-corrected chi connectivity index (χ4v) is 5.87. The molecule has 0 aliphatic heterocycles. The van der Waals surface area contributed by atoms with Crippen LogP contribution in [0, 0.1) is 29.5 Å². The van der Waals surface area contributed by atoms with Crippen LogP contribution >= 0.6 is 0 Å². The molecule has 0 radical (unpaired) electrons. The molecule has 2 aliphatic carbocycles. The molecule has 144 valence electrons. The van der Waals surface area contributed by atoms with Crippen LogP contribution in [0.1, 0.15) is 89.0 Å². The van der Waals surface area contributed by atoms with E-state index in [1.54, 1.807) is 12.1 Å². The fourth-order valence-electron chi connectivity index (χ4n) is 5.87. The standard InChI is InChI=1S/C25H37F/c1-3-5-19-7-9-20(10-8-19)21-11-13-22(14-12-21)25(6-4-2)23-15-17-24(26)18-16-23/h4,15-22,25H,2-3,5-14H2,1H3/t19-,20-,21?,22?,25?. The van der Waals surface area contributed by atoms with E-state index >= 15 is 0 Å². The van der Waals surface area contributed by atoms with E-state index in [1.807, 2.05) is 12.1 Å². The molecule has 0 saturated heterocycles. The Morgan fingerprint density at radius 3 is 2.08 bits per heavy atom. The van der Waals surface area contributed by atoms with Gasteiger partial charge in [0.1, 0.15) is 5.82 Å². The van der Waals surface area contributed by atoms with Crippen LogP contribution in [0.15, 0.2) is 36.9 Å². The van der Waals surface area contributed by atoms with Crippen LogP contribution in [-0.2, 0) is 0 Å². The molecule has 3 rings (SSSR count).